The fourth-order valence-corrected chi connectivity index (χ4v) is 4.50. The highest BCUT2D eigenvalue weighted by Crippen LogP contribution is 2.33. The first kappa shape index (κ1) is 19.7. The zero-order valence-electron chi connectivity index (χ0n) is 16.8. The Hall–Kier alpha value is -2.11. The van der Waals surface area contributed by atoms with Gasteiger partial charge in [0.05, 0.1) is 6.10 Å². The number of hydrogen-bond acceptors (Lipinski definition) is 3. The predicted octanol–water partition coefficient (Wildman–Crippen LogP) is 2.85. The molecule has 27 heavy (non-hydrogen) atoms. The summed E-state index contributed by atoms with van der Waals surface area (Å²) in [7, 11) is -0.919. The minimum atomic E-state index is -0.919. The summed E-state index contributed by atoms with van der Waals surface area (Å²) in [6.45, 7) is 10.9. The second-order valence-electron chi connectivity index (χ2n) is 8.24. The Morgan fingerprint density at radius 1 is 1.19 bits per heavy atom. The van der Waals surface area contributed by atoms with Gasteiger partial charge in [0.15, 0.2) is 0 Å². The topological polar surface area (TPSA) is 58.6 Å². The van der Waals surface area contributed by atoms with Gasteiger partial charge in [-0.25, -0.2) is 0 Å². The van der Waals surface area contributed by atoms with Gasteiger partial charge in [-0.15, -0.1) is 0 Å². The van der Waals surface area contributed by atoms with Gasteiger partial charge in [0.25, 0.3) is 0 Å². The monoisotopic (exact) mass is 365 g/mol. The van der Waals surface area contributed by atoms with Crippen LogP contribution in [0.2, 0.25) is 0 Å². The van der Waals surface area contributed by atoms with Crippen molar-refractivity contribution < 1.29 is 14.5 Å². The summed E-state index contributed by atoms with van der Waals surface area (Å²) in [5, 5.41) is 13.0. The molecule has 1 atom stereocenters. The lowest BCUT2D eigenvalue weighted by atomic mass is 9.76. The Balaban J connectivity index is 1.66. The summed E-state index contributed by atoms with van der Waals surface area (Å²) < 4.78 is 5.59. The van der Waals surface area contributed by atoms with Gasteiger partial charge in [-0.2, -0.15) is 0 Å². The molecule has 1 heterocycles. The van der Waals surface area contributed by atoms with E-state index in [1.165, 1.54) is 22.3 Å². The minimum Gasteiger partial charge on any atom is -0.423 e. The van der Waals surface area contributed by atoms with E-state index >= 15 is 0 Å². The molecule has 3 rings (SSSR count). The average molecular weight is 365 g/mol. The molecule has 0 radical (unpaired) electrons. The van der Waals surface area contributed by atoms with E-state index in [0.29, 0.717) is 13.0 Å². The number of fused-ring (bicyclic) bond motifs is 1. The fraction of sp³-hybridized carbons (Fsp3) is 0.409. The number of nitrogens with one attached hydrogen (secondary N) is 1. The molecule has 0 bridgehead atoms. The number of rotatable bonds is 5. The van der Waals surface area contributed by atoms with Crippen molar-refractivity contribution in [2.75, 3.05) is 6.54 Å². The van der Waals surface area contributed by atoms with Crippen LogP contribution in [0, 0.1) is 20.8 Å². The van der Waals surface area contributed by atoms with E-state index in [9.17, 15) is 9.82 Å². The Bertz CT molecular complexity index is 839. The van der Waals surface area contributed by atoms with Crippen LogP contribution in [0.5, 0.6) is 0 Å². The molecule has 1 aliphatic rings. The summed E-state index contributed by atoms with van der Waals surface area (Å²) in [5.41, 5.74) is 6.38. The van der Waals surface area contributed by atoms with Gasteiger partial charge in [-0.05, 0) is 53.9 Å². The molecule has 2 aromatic rings. The zero-order chi connectivity index (χ0) is 19.8. The minimum absolute atomic E-state index is 0.0122. The van der Waals surface area contributed by atoms with Gasteiger partial charge >= 0.3 is 7.12 Å². The molecule has 142 valence electrons. The van der Waals surface area contributed by atoms with Crippen LogP contribution in [-0.4, -0.2) is 24.6 Å². The molecule has 1 aliphatic heterocycles. The van der Waals surface area contributed by atoms with Crippen LogP contribution in [0.25, 0.3) is 0 Å². The van der Waals surface area contributed by atoms with Crippen LogP contribution in [0.4, 0.5) is 0 Å². The lowest BCUT2D eigenvalue weighted by Crippen LogP contribution is -2.34. The zero-order valence-corrected chi connectivity index (χ0v) is 16.8. The molecule has 4 nitrogen and oxygen atoms in total. The lowest BCUT2D eigenvalue weighted by Gasteiger charge is -2.29. The maximum absolute atomic E-state index is 12.6. The van der Waals surface area contributed by atoms with E-state index < -0.39 is 7.12 Å². The third kappa shape index (κ3) is 4.09. The van der Waals surface area contributed by atoms with Gasteiger partial charge in [-0.3, -0.25) is 4.79 Å². The Labute approximate surface area is 162 Å². The summed E-state index contributed by atoms with van der Waals surface area (Å²) in [6.07, 6.45) is 0.0837. The molecule has 0 aromatic heterocycles. The normalized spacial score (nSPS) is 16.4. The first-order chi connectivity index (χ1) is 12.7. The highest BCUT2D eigenvalue weighted by Gasteiger charge is 2.35. The highest BCUT2D eigenvalue weighted by atomic mass is 16.5. The summed E-state index contributed by atoms with van der Waals surface area (Å²) in [5.74, 6) is -0.0122. The lowest BCUT2D eigenvalue weighted by molar-refractivity contribution is -0.122. The summed E-state index contributed by atoms with van der Waals surface area (Å²) in [6, 6.07) is 11.9. The van der Waals surface area contributed by atoms with Crippen molar-refractivity contribution in [1.29, 1.82) is 0 Å². The molecule has 0 saturated carbocycles. The van der Waals surface area contributed by atoms with Crippen molar-refractivity contribution >= 4 is 18.5 Å². The third-order valence-corrected chi connectivity index (χ3v) is 5.34. The molecule has 5 heteroatoms. The Morgan fingerprint density at radius 2 is 1.81 bits per heavy atom. The van der Waals surface area contributed by atoms with E-state index in [0.717, 1.165) is 11.0 Å². The van der Waals surface area contributed by atoms with Crippen LogP contribution in [0.15, 0.2) is 36.4 Å². The van der Waals surface area contributed by atoms with E-state index in [1.807, 2.05) is 24.3 Å². The van der Waals surface area contributed by atoms with Gasteiger partial charge in [-0.1, -0.05) is 55.8 Å². The van der Waals surface area contributed by atoms with Crippen molar-refractivity contribution in [2.45, 2.75) is 52.6 Å². The third-order valence-electron chi connectivity index (χ3n) is 5.34. The number of amides is 1. The van der Waals surface area contributed by atoms with Crippen molar-refractivity contribution in [1.82, 2.24) is 5.32 Å². The fourth-order valence-electron chi connectivity index (χ4n) is 4.50. The van der Waals surface area contributed by atoms with Gasteiger partial charge < -0.3 is 15.0 Å². The number of hydrogen-bond donors (Lipinski definition) is 2. The van der Waals surface area contributed by atoms with Crippen molar-refractivity contribution in [3.05, 3.63) is 64.2 Å². The van der Waals surface area contributed by atoms with E-state index in [1.54, 1.807) is 0 Å². The second-order valence-corrected chi connectivity index (χ2v) is 8.24. The number of aryl methyl sites for hydroxylation is 3. The highest BCUT2D eigenvalue weighted by molar-refractivity contribution is 6.61. The van der Waals surface area contributed by atoms with Crippen LogP contribution in [0.1, 0.15) is 54.2 Å². The smallest absolute Gasteiger partial charge is 0.423 e. The molecule has 0 spiro atoms. The first-order valence-corrected chi connectivity index (χ1v) is 9.46. The van der Waals surface area contributed by atoms with Crippen LogP contribution < -0.4 is 10.8 Å². The number of carbonyl (C=O) groups is 1. The second kappa shape index (κ2) is 7.49. The number of benzene rings is 2. The molecular weight excluding hydrogens is 337 g/mol. The summed E-state index contributed by atoms with van der Waals surface area (Å²) >= 11 is 0. The molecule has 2 N–H and O–H groups in total. The maximum Gasteiger partial charge on any atom is 0.492 e. The molecule has 0 aliphatic carbocycles. The Kier molecular flexibility index (Phi) is 5.45. The van der Waals surface area contributed by atoms with Crippen molar-refractivity contribution in [3.63, 3.8) is 0 Å². The number of carbonyl (C=O) groups excluding carboxylic acids is 1. The standard InChI is InChI=1S/C22H28BNO3/c1-14-10-15(2)21(16(3)11-14)22(4,5)12-20(25)24-13-19-17-8-6-7-9-18(17)23(26)27-19/h6-11,19,26H,12-13H2,1-5H3,(H,24,25). The Morgan fingerprint density at radius 3 is 2.48 bits per heavy atom. The van der Waals surface area contributed by atoms with E-state index in [-0.39, 0.29) is 17.4 Å². The van der Waals surface area contributed by atoms with Crippen molar-refractivity contribution in [3.8, 4) is 0 Å². The van der Waals surface area contributed by atoms with Crippen molar-refractivity contribution in [2.24, 2.45) is 0 Å². The maximum atomic E-state index is 12.6. The SMILES string of the molecule is Cc1cc(C)c(C(C)(C)CC(=O)NCC2OB(O)c3ccccc32)c(C)c1. The molecule has 2 aromatic carbocycles. The van der Waals surface area contributed by atoms with Gasteiger partial charge in [0.1, 0.15) is 0 Å². The molecule has 1 unspecified atom stereocenters. The van der Waals surface area contributed by atoms with Gasteiger partial charge in [0, 0.05) is 13.0 Å². The molecular formula is C22H28BNO3. The average Bonchev–Trinajstić information content (AvgIpc) is 2.88. The molecule has 1 amide bonds. The quantitative estimate of drug-likeness (QED) is 0.802. The van der Waals surface area contributed by atoms with Gasteiger partial charge in [0.2, 0.25) is 5.91 Å². The predicted molar refractivity (Wildman–Crippen MR) is 109 cm³/mol. The first-order valence-electron chi connectivity index (χ1n) is 9.46. The van der Waals surface area contributed by atoms with E-state index in [4.69, 9.17) is 4.65 Å². The van der Waals surface area contributed by atoms with Crippen LogP contribution >= 0.6 is 0 Å². The van der Waals surface area contributed by atoms with E-state index in [2.05, 4.69) is 52.1 Å². The largest absolute Gasteiger partial charge is 0.492 e. The summed E-state index contributed by atoms with van der Waals surface area (Å²) in [4.78, 5) is 12.6. The van der Waals surface area contributed by atoms with Crippen LogP contribution in [0.3, 0.4) is 0 Å². The molecule has 0 saturated heterocycles. The molecule has 0 fully saturated rings. The van der Waals surface area contributed by atoms with Crippen LogP contribution in [-0.2, 0) is 14.9 Å².